The van der Waals surface area contributed by atoms with Gasteiger partial charge in [0.25, 0.3) is 0 Å². The lowest BCUT2D eigenvalue weighted by Gasteiger charge is -2.21. The number of anilines is 3. The molecule has 3 rings (SSSR count). The lowest BCUT2D eigenvalue weighted by molar-refractivity contribution is -0.136. The third kappa shape index (κ3) is 5.62. The van der Waals surface area contributed by atoms with E-state index >= 15 is 0 Å². The fraction of sp³-hybridized carbons (Fsp3) is 0.286. The minimum atomic E-state index is -4.61. The second-order valence-corrected chi connectivity index (χ2v) is 7.55. The zero-order chi connectivity index (χ0) is 22.6. The minimum absolute atomic E-state index is 0.0592. The topological polar surface area (TPSA) is 83.0 Å². The summed E-state index contributed by atoms with van der Waals surface area (Å²) in [6, 6.07) is 9.90. The van der Waals surface area contributed by atoms with Crippen LogP contribution in [0.5, 0.6) is 0 Å². The van der Waals surface area contributed by atoms with Crippen molar-refractivity contribution in [1.29, 1.82) is 0 Å². The fourth-order valence-corrected chi connectivity index (χ4v) is 3.05. The molecule has 0 fully saturated rings. The van der Waals surface area contributed by atoms with Crippen LogP contribution in [0.3, 0.4) is 0 Å². The number of halogens is 4. The zero-order valence-corrected chi connectivity index (χ0v) is 17.5. The van der Waals surface area contributed by atoms with Gasteiger partial charge in [0.05, 0.1) is 40.3 Å². The number of alkyl halides is 3. The Kier molecular flexibility index (Phi) is 6.97. The van der Waals surface area contributed by atoms with Gasteiger partial charge in [-0.25, -0.2) is 4.98 Å². The van der Waals surface area contributed by atoms with E-state index in [4.69, 9.17) is 11.6 Å². The molecule has 31 heavy (non-hydrogen) atoms. The number of benzene rings is 1. The van der Waals surface area contributed by atoms with Gasteiger partial charge < -0.3 is 15.7 Å². The monoisotopic (exact) mass is 451 g/mol. The standard InChI is InChI=1S/C21H21ClF3N5O/c1-12(2)17(11-31)28-20-27-16(15-8-3-4-9-26-15)10-18(30-20)29-19-13(21(23,24)25)6-5-7-14(19)22/h3-10,12,17,31H,11H2,1-2H3,(H2,27,28,29,30)/t17-/m0/s1. The smallest absolute Gasteiger partial charge is 0.394 e. The Morgan fingerprint density at radius 2 is 1.84 bits per heavy atom. The predicted octanol–water partition coefficient (Wildman–Crippen LogP) is 5.38. The van der Waals surface area contributed by atoms with Gasteiger partial charge in [0, 0.05) is 12.3 Å². The molecule has 0 radical (unpaired) electrons. The van der Waals surface area contributed by atoms with Gasteiger partial charge >= 0.3 is 6.18 Å². The summed E-state index contributed by atoms with van der Waals surface area (Å²) in [6.07, 6.45) is -3.02. The molecular formula is C21H21ClF3N5O. The summed E-state index contributed by atoms with van der Waals surface area (Å²) in [7, 11) is 0. The van der Waals surface area contributed by atoms with E-state index in [2.05, 4.69) is 25.6 Å². The lowest BCUT2D eigenvalue weighted by atomic mass is 10.1. The van der Waals surface area contributed by atoms with Crippen molar-refractivity contribution in [2.75, 3.05) is 17.2 Å². The van der Waals surface area contributed by atoms with Crippen LogP contribution < -0.4 is 10.6 Å². The number of hydrogen-bond donors (Lipinski definition) is 3. The van der Waals surface area contributed by atoms with Gasteiger partial charge in [0.1, 0.15) is 5.82 Å². The molecule has 0 aliphatic carbocycles. The Labute approximate surface area is 182 Å². The van der Waals surface area contributed by atoms with Crippen LogP contribution in [0.2, 0.25) is 5.02 Å². The van der Waals surface area contributed by atoms with Crippen LogP contribution in [0.15, 0.2) is 48.7 Å². The molecule has 0 saturated heterocycles. The molecule has 0 spiro atoms. The van der Waals surface area contributed by atoms with E-state index in [1.165, 1.54) is 18.2 Å². The molecule has 0 aliphatic heterocycles. The third-order valence-corrected chi connectivity index (χ3v) is 4.86. The Hall–Kier alpha value is -2.91. The first-order chi connectivity index (χ1) is 14.7. The van der Waals surface area contributed by atoms with E-state index in [1.54, 1.807) is 24.4 Å². The van der Waals surface area contributed by atoms with Crippen molar-refractivity contribution in [3.63, 3.8) is 0 Å². The van der Waals surface area contributed by atoms with Crippen molar-refractivity contribution in [2.45, 2.75) is 26.1 Å². The number of aromatic nitrogens is 3. The SMILES string of the molecule is CC(C)[C@H](CO)Nc1nc(Nc2c(Cl)cccc2C(F)(F)F)cc(-c2ccccn2)n1. The Morgan fingerprint density at radius 3 is 2.45 bits per heavy atom. The van der Waals surface area contributed by atoms with Crippen molar-refractivity contribution in [1.82, 2.24) is 15.0 Å². The molecule has 2 heterocycles. The van der Waals surface area contributed by atoms with Crippen LogP contribution in [0.25, 0.3) is 11.4 Å². The molecule has 0 bridgehead atoms. The second-order valence-electron chi connectivity index (χ2n) is 7.14. The van der Waals surface area contributed by atoms with Gasteiger partial charge in [-0.1, -0.05) is 37.6 Å². The molecule has 3 aromatic rings. The second kappa shape index (κ2) is 9.49. The summed E-state index contributed by atoms with van der Waals surface area (Å²) < 4.78 is 40.4. The first-order valence-corrected chi connectivity index (χ1v) is 9.87. The highest BCUT2D eigenvalue weighted by Gasteiger charge is 2.34. The number of aliphatic hydroxyl groups excluding tert-OH is 1. The summed E-state index contributed by atoms with van der Waals surface area (Å²) in [4.78, 5) is 13.0. The lowest BCUT2D eigenvalue weighted by Crippen LogP contribution is -2.30. The maximum atomic E-state index is 13.5. The first kappa shape index (κ1) is 22.8. The number of rotatable bonds is 7. The summed E-state index contributed by atoms with van der Waals surface area (Å²) in [6.45, 7) is 3.66. The van der Waals surface area contributed by atoms with Crippen molar-refractivity contribution in [2.24, 2.45) is 5.92 Å². The van der Waals surface area contributed by atoms with Crippen molar-refractivity contribution < 1.29 is 18.3 Å². The average Bonchev–Trinajstić information content (AvgIpc) is 2.73. The number of nitrogens with one attached hydrogen (secondary N) is 2. The van der Waals surface area contributed by atoms with Gasteiger partial charge in [-0.15, -0.1) is 0 Å². The highest BCUT2D eigenvalue weighted by Crippen LogP contribution is 2.40. The number of aliphatic hydroxyl groups is 1. The number of nitrogens with zero attached hydrogens (tertiary/aromatic N) is 3. The molecule has 0 amide bonds. The van der Waals surface area contributed by atoms with Gasteiger partial charge in [0.15, 0.2) is 0 Å². The van der Waals surface area contributed by atoms with Gasteiger partial charge in [-0.05, 0) is 30.2 Å². The average molecular weight is 452 g/mol. The Morgan fingerprint density at radius 1 is 1.06 bits per heavy atom. The summed E-state index contributed by atoms with van der Waals surface area (Å²) in [5, 5.41) is 15.2. The van der Waals surface area contributed by atoms with Crippen LogP contribution in [0.4, 0.5) is 30.6 Å². The quantitative estimate of drug-likeness (QED) is 0.447. The van der Waals surface area contributed by atoms with Crippen molar-refractivity contribution in [3.05, 3.63) is 59.2 Å². The van der Waals surface area contributed by atoms with E-state index in [0.29, 0.717) is 11.4 Å². The van der Waals surface area contributed by atoms with Gasteiger partial charge in [-0.3, -0.25) is 4.98 Å². The number of hydrogen-bond acceptors (Lipinski definition) is 6. The highest BCUT2D eigenvalue weighted by molar-refractivity contribution is 6.33. The van der Waals surface area contributed by atoms with E-state index in [1.807, 2.05) is 13.8 Å². The molecule has 0 unspecified atom stereocenters. The highest BCUT2D eigenvalue weighted by atomic mass is 35.5. The molecule has 1 atom stereocenters. The van der Waals surface area contributed by atoms with Gasteiger partial charge in [-0.2, -0.15) is 18.2 Å². The number of para-hydroxylation sites is 1. The molecule has 2 aromatic heterocycles. The molecular weight excluding hydrogens is 431 g/mol. The largest absolute Gasteiger partial charge is 0.418 e. The Balaban J connectivity index is 2.07. The van der Waals surface area contributed by atoms with E-state index in [-0.39, 0.29) is 41.0 Å². The van der Waals surface area contributed by atoms with Gasteiger partial charge in [0.2, 0.25) is 5.95 Å². The molecule has 10 heteroatoms. The minimum Gasteiger partial charge on any atom is -0.394 e. The maximum absolute atomic E-state index is 13.5. The summed E-state index contributed by atoms with van der Waals surface area (Å²) in [5.74, 6) is 0.292. The van der Waals surface area contributed by atoms with Crippen LogP contribution >= 0.6 is 11.6 Å². The third-order valence-electron chi connectivity index (χ3n) is 4.54. The maximum Gasteiger partial charge on any atom is 0.418 e. The number of pyridine rings is 1. The van der Waals surface area contributed by atoms with Crippen LogP contribution in [-0.4, -0.2) is 32.7 Å². The zero-order valence-electron chi connectivity index (χ0n) is 16.8. The van der Waals surface area contributed by atoms with E-state index in [9.17, 15) is 18.3 Å². The van der Waals surface area contributed by atoms with E-state index in [0.717, 1.165) is 6.07 Å². The Bertz CT molecular complexity index is 1030. The molecule has 1 aromatic carbocycles. The van der Waals surface area contributed by atoms with Crippen LogP contribution in [-0.2, 0) is 6.18 Å². The molecule has 6 nitrogen and oxygen atoms in total. The molecule has 0 aliphatic rings. The van der Waals surface area contributed by atoms with E-state index < -0.39 is 11.7 Å². The fourth-order valence-electron chi connectivity index (χ4n) is 2.83. The van der Waals surface area contributed by atoms with Crippen molar-refractivity contribution >= 4 is 29.1 Å². The molecule has 0 saturated carbocycles. The predicted molar refractivity (Wildman–Crippen MR) is 114 cm³/mol. The summed E-state index contributed by atoms with van der Waals surface area (Å²) >= 11 is 6.06. The molecule has 164 valence electrons. The van der Waals surface area contributed by atoms with Crippen LogP contribution in [0.1, 0.15) is 19.4 Å². The molecule has 3 N–H and O–H groups in total. The first-order valence-electron chi connectivity index (χ1n) is 9.49. The normalized spacial score (nSPS) is 12.6. The summed E-state index contributed by atoms with van der Waals surface area (Å²) in [5.41, 5.74) is -0.322. The van der Waals surface area contributed by atoms with Crippen LogP contribution in [0, 0.1) is 5.92 Å². The van der Waals surface area contributed by atoms with Crippen molar-refractivity contribution in [3.8, 4) is 11.4 Å².